The van der Waals surface area contributed by atoms with Crippen molar-refractivity contribution in [3.8, 4) is 0 Å². The molecule has 2 nitrogen and oxygen atoms in total. The summed E-state index contributed by atoms with van der Waals surface area (Å²) in [6.45, 7) is 7.89. The Morgan fingerprint density at radius 2 is 1.87 bits per heavy atom. The fourth-order valence-corrected chi connectivity index (χ4v) is 1.89. The molecule has 0 spiro atoms. The molecule has 0 bridgehead atoms. The zero-order valence-electron chi connectivity index (χ0n) is 9.74. The van der Waals surface area contributed by atoms with E-state index in [9.17, 15) is 9.90 Å². The molecule has 2 heteroatoms. The molecule has 0 saturated carbocycles. The van der Waals surface area contributed by atoms with Gasteiger partial charge in [-0.05, 0) is 36.5 Å². The van der Waals surface area contributed by atoms with E-state index in [-0.39, 0.29) is 5.92 Å². The molecule has 0 amide bonds. The third kappa shape index (κ3) is 2.38. The maximum Gasteiger partial charge on any atom is 0.311 e. The van der Waals surface area contributed by atoms with E-state index >= 15 is 0 Å². The predicted molar refractivity (Wildman–Crippen MR) is 61.1 cm³/mol. The topological polar surface area (TPSA) is 37.3 Å². The van der Waals surface area contributed by atoms with E-state index in [2.05, 4.69) is 0 Å². The Kier molecular flexibility index (Phi) is 3.51. The van der Waals surface area contributed by atoms with E-state index < -0.39 is 11.9 Å². The first-order chi connectivity index (χ1) is 6.95. The van der Waals surface area contributed by atoms with Crippen molar-refractivity contribution >= 4 is 5.97 Å². The average molecular weight is 206 g/mol. The van der Waals surface area contributed by atoms with Crippen LogP contribution in [-0.4, -0.2) is 11.1 Å². The van der Waals surface area contributed by atoms with Crippen LogP contribution in [0.3, 0.4) is 0 Å². The molecule has 0 unspecified atom stereocenters. The zero-order chi connectivity index (χ0) is 11.6. The first kappa shape index (κ1) is 11.8. The maximum absolute atomic E-state index is 11.2. The summed E-state index contributed by atoms with van der Waals surface area (Å²) < 4.78 is 0. The van der Waals surface area contributed by atoms with Crippen molar-refractivity contribution < 1.29 is 9.90 Å². The molecule has 15 heavy (non-hydrogen) atoms. The van der Waals surface area contributed by atoms with Crippen LogP contribution in [0.1, 0.15) is 36.5 Å². The van der Waals surface area contributed by atoms with Crippen molar-refractivity contribution in [2.45, 2.75) is 33.6 Å². The molecule has 1 aromatic rings. The van der Waals surface area contributed by atoms with Gasteiger partial charge in [-0.15, -0.1) is 0 Å². The summed E-state index contributed by atoms with van der Waals surface area (Å²) in [7, 11) is 0. The second kappa shape index (κ2) is 4.47. The molecule has 0 aromatic heterocycles. The highest BCUT2D eigenvalue weighted by Crippen LogP contribution is 2.28. The van der Waals surface area contributed by atoms with E-state index in [4.69, 9.17) is 0 Å². The van der Waals surface area contributed by atoms with Gasteiger partial charge in [0.2, 0.25) is 0 Å². The van der Waals surface area contributed by atoms with Gasteiger partial charge in [0.1, 0.15) is 0 Å². The van der Waals surface area contributed by atoms with Gasteiger partial charge >= 0.3 is 5.97 Å². The molecule has 0 saturated heterocycles. The monoisotopic (exact) mass is 206 g/mol. The van der Waals surface area contributed by atoms with Crippen LogP contribution in [0.15, 0.2) is 18.2 Å². The smallest absolute Gasteiger partial charge is 0.311 e. The Morgan fingerprint density at radius 3 is 2.33 bits per heavy atom. The van der Waals surface area contributed by atoms with Gasteiger partial charge in [0, 0.05) is 0 Å². The summed E-state index contributed by atoms with van der Waals surface area (Å²) in [5, 5.41) is 9.21. The van der Waals surface area contributed by atoms with Gasteiger partial charge in [-0.1, -0.05) is 32.0 Å². The van der Waals surface area contributed by atoms with Crippen LogP contribution < -0.4 is 0 Å². The van der Waals surface area contributed by atoms with Crippen LogP contribution in [0.5, 0.6) is 0 Å². The third-order valence-corrected chi connectivity index (χ3v) is 2.91. The highest BCUT2D eigenvalue weighted by Gasteiger charge is 2.25. The molecule has 0 fully saturated rings. The van der Waals surface area contributed by atoms with E-state index in [0.717, 1.165) is 16.7 Å². The molecule has 0 heterocycles. The fraction of sp³-hybridized carbons (Fsp3) is 0.462. The SMILES string of the molecule is Cc1cccc([C@@H](C(=O)O)C(C)C)c1C. The molecule has 1 N–H and O–H groups in total. The summed E-state index contributed by atoms with van der Waals surface area (Å²) in [4.78, 5) is 11.2. The highest BCUT2D eigenvalue weighted by molar-refractivity contribution is 5.77. The van der Waals surface area contributed by atoms with E-state index in [1.807, 2.05) is 45.9 Å². The molecule has 1 aromatic carbocycles. The standard InChI is InChI=1S/C13H18O2/c1-8(2)12(13(14)15)11-7-5-6-9(3)10(11)4/h5-8,12H,1-4H3,(H,14,15)/t12-/m0/s1. The van der Waals surface area contributed by atoms with Gasteiger partial charge < -0.3 is 5.11 Å². The molecule has 82 valence electrons. The Bertz CT molecular complexity index is 367. The van der Waals surface area contributed by atoms with Crippen LogP contribution in [-0.2, 0) is 4.79 Å². The zero-order valence-corrected chi connectivity index (χ0v) is 9.74. The Balaban J connectivity index is 3.23. The summed E-state index contributed by atoms with van der Waals surface area (Å²) >= 11 is 0. The van der Waals surface area contributed by atoms with Crippen molar-refractivity contribution in [2.75, 3.05) is 0 Å². The maximum atomic E-state index is 11.2. The van der Waals surface area contributed by atoms with E-state index in [1.165, 1.54) is 0 Å². The van der Waals surface area contributed by atoms with Crippen LogP contribution in [0.2, 0.25) is 0 Å². The molecular formula is C13H18O2. The molecule has 0 aliphatic rings. The van der Waals surface area contributed by atoms with Gasteiger partial charge in [-0.2, -0.15) is 0 Å². The number of rotatable bonds is 3. The molecule has 1 atom stereocenters. The first-order valence-electron chi connectivity index (χ1n) is 5.24. The van der Waals surface area contributed by atoms with Gasteiger partial charge in [0.15, 0.2) is 0 Å². The van der Waals surface area contributed by atoms with Crippen LogP contribution >= 0.6 is 0 Å². The number of benzene rings is 1. The second-order valence-corrected chi connectivity index (χ2v) is 4.35. The van der Waals surface area contributed by atoms with Gasteiger partial charge in [-0.25, -0.2) is 0 Å². The number of carboxylic acids is 1. The lowest BCUT2D eigenvalue weighted by Crippen LogP contribution is -2.18. The molecule has 0 aliphatic carbocycles. The minimum absolute atomic E-state index is 0.114. The lowest BCUT2D eigenvalue weighted by molar-refractivity contribution is -0.139. The molecule has 1 rings (SSSR count). The Morgan fingerprint density at radius 1 is 1.27 bits per heavy atom. The lowest BCUT2D eigenvalue weighted by Gasteiger charge is -2.19. The number of carbonyl (C=O) groups is 1. The number of hydrogen-bond acceptors (Lipinski definition) is 1. The molecule has 0 aliphatic heterocycles. The van der Waals surface area contributed by atoms with Crippen LogP contribution in [0, 0.1) is 19.8 Å². The van der Waals surface area contributed by atoms with E-state index in [1.54, 1.807) is 0 Å². The van der Waals surface area contributed by atoms with Crippen molar-refractivity contribution in [2.24, 2.45) is 5.92 Å². The average Bonchev–Trinajstić information content (AvgIpc) is 2.11. The van der Waals surface area contributed by atoms with Crippen LogP contribution in [0.25, 0.3) is 0 Å². The minimum Gasteiger partial charge on any atom is -0.481 e. The first-order valence-corrected chi connectivity index (χ1v) is 5.24. The number of hydrogen-bond donors (Lipinski definition) is 1. The Labute approximate surface area is 90.9 Å². The summed E-state index contributed by atoms with van der Waals surface area (Å²) in [6.07, 6.45) is 0. The van der Waals surface area contributed by atoms with Gasteiger partial charge in [0.25, 0.3) is 0 Å². The van der Waals surface area contributed by atoms with Crippen molar-refractivity contribution in [1.82, 2.24) is 0 Å². The normalized spacial score (nSPS) is 12.9. The summed E-state index contributed by atoms with van der Waals surface area (Å²) in [5.41, 5.74) is 3.19. The van der Waals surface area contributed by atoms with Crippen molar-refractivity contribution in [1.29, 1.82) is 0 Å². The fourth-order valence-electron chi connectivity index (χ4n) is 1.89. The highest BCUT2D eigenvalue weighted by atomic mass is 16.4. The quantitative estimate of drug-likeness (QED) is 0.825. The third-order valence-electron chi connectivity index (χ3n) is 2.91. The molecule has 0 radical (unpaired) electrons. The van der Waals surface area contributed by atoms with Gasteiger partial charge in [0.05, 0.1) is 5.92 Å². The lowest BCUT2D eigenvalue weighted by atomic mass is 9.85. The summed E-state index contributed by atoms with van der Waals surface area (Å²) in [5.74, 6) is -1.02. The van der Waals surface area contributed by atoms with Crippen LogP contribution in [0.4, 0.5) is 0 Å². The second-order valence-electron chi connectivity index (χ2n) is 4.35. The van der Waals surface area contributed by atoms with E-state index in [0.29, 0.717) is 0 Å². The molecular weight excluding hydrogens is 188 g/mol. The largest absolute Gasteiger partial charge is 0.481 e. The number of carboxylic acid groups (broad SMARTS) is 1. The number of aryl methyl sites for hydroxylation is 1. The minimum atomic E-state index is -0.737. The predicted octanol–water partition coefficient (Wildman–Crippen LogP) is 3.13. The summed E-state index contributed by atoms with van der Waals surface area (Å²) in [6, 6.07) is 5.86. The Hall–Kier alpha value is -1.31. The van der Waals surface area contributed by atoms with Crippen molar-refractivity contribution in [3.05, 3.63) is 34.9 Å². The van der Waals surface area contributed by atoms with Gasteiger partial charge in [-0.3, -0.25) is 4.79 Å². The van der Waals surface area contributed by atoms with Crippen molar-refractivity contribution in [3.63, 3.8) is 0 Å². The number of aliphatic carboxylic acids is 1.